The molecule has 0 radical (unpaired) electrons. The summed E-state index contributed by atoms with van der Waals surface area (Å²) in [6, 6.07) is 8.10. The number of carboxylic acids is 1. The number of hydrogen-bond acceptors (Lipinski definition) is 2. The van der Waals surface area contributed by atoms with Crippen molar-refractivity contribution in [1.82, 2.24) is 5.32 Å². The predicted molar refractivity (Wildman–Crippen MR) is 73.9 cm³/mol. The van der Waals surface area contributed by atoms with Gasteiger partial charge >= 0.3 is 5.97 Å². The first-order valence-electron chi connectivity index (χ1n) is 6.71. The van der Waals surface area contributed by atoms with Gasteiger partial charge in [-0.2, -0.15) is 0 Å². The number of benzene rings is 1. The first kappa shape index (κ1) is 14.7. The molecule has 0 spiro atoms. The van der Waals surface area contributed by atoms with E-state index in [2.05, 4.69) is 36.5 Å². The summed E-state index contributed by atoms with van der Waals surface area (Å²) in [6.45, 7) is 4.85. The maximum Gasteiger partial charge on any atom is 0.320 e. The zero-order chi connectivity index (χ0) is 13.4. The highest BCUT2D eigenvalue weighted by atomic mass is 16.4. The number of rotatable bonds is 8. The van der Waals surface area contributed by atoms with Crippen LogP contribution in [0.1, 0.15) is 37.8 Å². The van der Waals surface area contributed by atoms with E-state index in [0.717, 1.165) is 19.3 Å². The third kappa shape index (κ3) is 4.88. The number of aliphatic carboxylic acids is 1. The first-order valence-corrected chi connectivity index (χ1v) is 6.71. The molecule has 1 atom stereocenters. The molecule has 2 N–H and O–H groups in total. The molecule has 0 heterocycles. The van der Waals surface area contributed by atoms with Crippen LogP contribution in [-0.4, -0.2) is 23.7 Å². The van der Waals surface area contributed by atoms with Crippen molar-refractivity contribution in [2.45, 2.75) is 45.6 Å². The molecule has 0 aromatic heterocycles. The molecule has 0 fully saturated rings. The van der Waals surface area contributed by atoms with Gasteiger partial charge in [-0.25, -0.2) is 0 Å². The van der Waals surface area contributed by atoms with Crippen LogP contribution in [0, 0.1) is 0 Å². The first-order chi connectivity index (χ1) is 8.67. The summed E-state index contributed by atoms with van der Waals surface area (Å²) in [7, 11) is 0. The average Bonchev–Trinajstić information content (AvgIpc) is 2.38. The largest absolute Gasteiger partial charge is 0.480 e. The molecular formula is C15H23NO2. The Morgan fingerprint density at radius 3 is 2.33 bits per heavy atom. The minimum Gasteiger partial charge on any atom is -0.480 e. The van der Waals surface area contributed by atoms with E-state index < -0.39 is 12.0 Å². The molecule has 1 aromatic rings. The van der Waals surface area contributed by atoms with Crippen LogP contribution in [0.3, 0.4) is 0 Å². The van der Waals surface area contributed by atoms with Gasteiger partial charge in [0.15, 0.2) is 0 Å². The van der Waals surface area contributed by atoms with Crippen LogP contribution in [-0.2, 0) is 17.6 Å². The molecule has 0 bridgehead atoms. The molecule has 0 amide bonds. The lowest BCUT2D eigenvalue weighted by atomic mass is 10.1. The Labute approximate surface area is 109 Å². The molecule has 1 aromatic carbocycles. The van der Waals surface area contributed by atoms with Crippen molar-refractivity contribution in [3.05, 3.63) is 35.4 Å². The molecule has 3 heteroatoms. The Morgan fingerprint density at radius 2 is 1.83 bits per heavy atom. The SMILES string of the molecule is CCCC(NCCc1ccc(CC)cc1)C(=O)O. The lowest BCUT2D eigenvalue weighted by molar-refractivity contribution is -0.139. The van der Waals surface area contributed by atoms with Gasteiger partial charge in [-0.3, -0.25) is 4.79 Å². The summed E-state index contributed by atoms with van der Waals surface area (Å²) in [6.07, 6.45) is 3.49. The van der Waals surface area contributed by atoms with Crippen molar-refractivity contribution < 1.29 is 9.90 Å². The molecule has 18 heavy (non-hydrogen) atoms. The van der Waals surface area contributed by atoms with E-state index in [-0.39, 0.29) is 0 Å². The van der Waals surface area contributed by atoms with E-state index in [1.54, 1.807) is 0 Å². The van der Waals surface area contributed by atoms with Gasteiger partial charge in [0.25, 0.3) is 0 Å². The normalized spacial score (nSPS) is 12.3. The summed E-state index contributed by atoms with van der Waals surface area (Å²) >= 11 is 0. The highest BCUT2D eigenvalue weighted by Gasteiger charge is 2.14. The average molecular weight is 249 g/mol. The summed E-state index contributed by atoms with van der Waals surface area (Å²) in [5.41, 5.74) is 2.58. The lowest BCUT2D eigenvalue weighted by Crippen LogP contribution is -2.37. The Bertz CT molecular complexity index is 359. The van der Waals surface area contributed by atoms with Crippen LogP contribution in [0.4, 0.5) is 0 Å². The van der Waals surface area contributed by atoms with E-state index in [1.807, 2.05) is 6.92 Å². The van der Waals surface area contributed by atoms with Gasteiger partial charge in [0, 0.05) is 0 Å². The molecule has 0 saturated heterocycles. The quantitative estimate of drug-likeness (QED) is 0.744. The van der Waals surface area contributed by atoms with Gasteiger partial charge in [0.2, 0.25) is 0 Å². The minimum absolute atomic E-state index is 0.412. The van der Waals surface area contributed by atoms with Gasteiger partial charge in [0.05, 0.1) is 0 Å². The fourth-order valence-electron chi connectivity index (χ4n) is 1.93. The molecular weight excluding hydrogens is 226 g/mol. The lowest BCUT2D eigenvalue weighted by Gasteiger charge is -2.13. The number of hydrogen-bond donors (Lipinski definition) is 2. The monoisotopic (exact) mass is 249 g/mol. The van der Waals surface area contributed by atoms with Crippen LogP contribution >= 0.6 is 0 Å². The third-order valence-electron chi connectivity index (χ3n) is 3.11. The molecule has 1 rings (SSSR count). The van der Waals surface area contributed by atoms with Gasteiger partial charge in [-0.15, -0.1) is 0 Å². The molecule has 3 nitrogen and oxygen atoms in total. The zero-order valence-electron chi connectivity index (χ0n) is 11.3. The number of carboxylic acid groups (broad SMARTS) is 1. The summed E-state index contributed by atoms with van der Waals surface area (Å²) in [5.74, 6) is -0.752. The van der Waals surface area contributed by atoms with Crippen LogP contribution in [0.2, 0.25) is 0 Å². The maximum absolute atomic E-state index is 11.0. The van der Waals surface area contributed by atoms with Crippen molar-refractivity contribution in [2.24, 2.45) is 0 Å². The summed E-state index contributed by atoms with van der Waals surface area (Å²) in [5, 5.41) is 12.1. The van der Waals surface area contributed by atoms with E-state index in [0.29, 0.717) is 13.0 Å². The molecule has 0 aliphatic carbocycles. The van der Waals surface area contributed by atoms with Crippen molar-refractivity contribution in [3.63, 3.8) is 0 Å². The number of nitrogens with one attached hydrogen (secondary N) is 1. The maximum atomic E-state index is 11.0. The molecule has 0 aliphatic rings. The van der Waals surface area contributed by atoms with E-state index in [9.17, 15) is 4.79 Å². The molecule has 0 aliphatic heterocycles. The van der Waals surface area contributed by atoms with Crippen LogP contribution in [0.15, 0.2) is 24.3 Å². The van der Waals surface area contributed by atoms with Crippen molar-refractivity contribution in [3.8, 4) is 0 Å². The number of aryl methyl sites for hydroxylation is 1. The highest BCUT2D eigenvalue weighted by molar-refractivity contribution is 5.73. The van der Waals surface area contributed by atoms with E-state index in [1.165, 1.54) is 11.1 Å². The van der Waals surface area contributed by atoms with Gasteiger partial charge < -0.3 is 10.4 Å². The second-order valence-electron chi connectivity index (χ2n) is 4.55. The van der Waals surface area contributed by atoms with Gasteiger partial charge in [-0.05, 0) is 36.9 Å². The van der Waals surface area contributed by atoms with Crippen LogP contribution < -0.4 is 5.32 Å². The Kier molecular flexibility index (Phi) is 6.44. The Hall–Kier alpha value is -1.35. The van der Waals surface area contributed by atoms with Crippen LogP contribution in [0.25, 0.3) is 0 Å². The fraction of sp³-hybridized carbons (Fsp3) is 0.533. The second kappa shape index (κ2) is 7.88. The van der Waals surface area contributed by atoms with E-state index >= 15 is 0 Å². The smallest absolute Gasteiger partial charge is 0.320 e. The van der Waals surface area contributed by atoms with Crippen molar-refractivity contribution >= 4 is 5.97 Å². The topological polar surface area (TPSA) is 49.3 Å². The number of carbonyl (C=O) groups is 1. The van der Waals surface area contributed by atoms with Gasteiger partial charge in [-0.1, -0.05) is 44.5 Å². The fourth-order valence-corrected chi connectivity index (χ4v) is 1.93. The molecule has 0 saturated carbocycles. The standard InChI is InChI=1S/C15H23NO2/c1-3-5-14(15(17)18)16-11-10-13-8-6-12(4-2)7-9-13/h6-9,14,16H,3-5,10-11H2,1-2H3,(H,17,18). The molecule has 100 valence electrons. The van der Waals surface area contributed by atoms with Crippen molar-refractivity contribution in [1.29, 1.82) is 0 Å². The minimum atomic E-state index is -0.752. The van der Waals surface area contributed by atoms with Crippen molar-refractivity contribution in [2.75, 3.05) is 6.54 Å². The second-order valence-corrected chi connectivity index (χ2v) is 4.55. The van der Waals surface area contributed by atoms with Gasteiger partial charge in [0.1, 0.15) is 6.04 Å². The summed E-state index contributed by atoms with van der Waals surface area (Å²) in [4.78, 5) is 11.0. The highest BCUT2D eigenvalue weighted by Crippen LogP contribution is 2.05. The Balaban J connectivity index is 2.37. The Morgan fingerprint density at radius 1 is 1.22 bits per heavy atom. The molecule has 1 unspecified atom stereocenters. The van der Waals surface area contributed by atoms with E-state index in [4.69, 9.17) is 5.11 Å². The predicted octanol–water partition coefficient (Wildman–Crippen LogP) is 2.63. The zero-order valence-corrected chi connectivity index (χ0v) is 11.3. The third-order valence-corrected chi connectivity index (χ3v) is 3.11. The summed E-state index contributed by atoms with van der Waals surface area (Å²) < 4.78 is 0. The van der Waals surface area contributed by atoms with Crippen LogP contribution in [0.5, 0.6) is 0 Å².